The Morgan fingerprint density at radius 2 is 1.40 bits per heavy atom. The fourth-order valence-corrected chi connectivity index (χ4v) is 5.68. The molecular formula is C37H65NO9. The van der Waals surface area contributed by atoms with Crippen LogP contribution in [0.4, 0.5) is 4.79 Å². The lowest BCUT2D eigenvalue weighted by molar-refractivity contribution is -0.265. The van der Waals surface area contributed by atoms with Crippen molar-refractivity contribution in [3.63, 3.8) is 0 Å². The number of Topliss-reactive ketones (excluding diaryl/α,β-unsaturated/α-hetero) is 1. The van der Waals surface area contributed by atoms with Gasteiger partial charge in [0.25, 0.3) is 0 Å². The van der Waals surface area contributed by atoms with E-state index in [0.717, 1.165) is 44.9 Å². The third-order valence-electron chi connectivity index (χ3n) is 8.28. The van der Waals surface area contributed by atoms with Crippen molar-refractivity contribution in [3.05, 3.63) is 25.0 Å². The summed E-state index contributed by atoms with van der Waals surface area (Å²) in [5.74, 6) is -0.636. The number of ketones is 1. The second kappa shape index (κ2) is 28.6. The van der Waals surface area contributed by atoms with E-state index in [1.54, 1.807) is 13.0 Å². The molecule has 0 spiro atoms. The predicted octanol–water partition coefficient (Wildman–Crippen LogP) is 7.85. The van der Waals surface area contributed by atoms with Crippen LogP contribution in [-0.4, -0.2) is 73.4 Å². The van der Waals surface area contributed by atoms with Crippen molar-refractivity contribution in [1.29, 1.82) is 0 Å². The summed E-state index contributed by atoms with van der Waals surface area (Å²) in [6.45, 7) is 9.50. The molecule has 0 aromatic heterocycles. The molecule has 0 aromatic carbocycles. The Balaban J connectivity index is 2.88. The summed E-state index contributed by atoms with van der Waals surface area (Å²) in [6.07, 6.45) is 18.6. The highest BCUT2D eigenvalue weighted by Crippen LogP contribution is 2.28. The smallest absolute Gasteiger partial charge is 0.471 e. The fourth-order valence-electron chi connectivity index (χ4n) is 5.68. The molecule has 1 saturated heterocycles. The number of unbranched alkanes of at least 4 members (excludes halogenated alkanes) is 15. The summed E-state index contributed by atoms with van der Waals surface area (Å²) in [4.78, 5) is 38.4. The summed E-state index contributed by atoms with van der Waals surface area (Å²) >= 11 is 0. The van der Waals surface area contributed by atoms with Crippen molar-refractivity contribution >= 4 is 17.8 Å². The molecule has 272 valence electrons. The van der Waals surface area contributed by atoms with Crippen LogP contribution in [0, 0.1) is 0 Å². The van der Waals surface area contributed by atoms with Crippen molar-refractivity contribution in [3.8, 4) is 0 Å². The van der Waals surface area contributed by atoms with Crippen molar-refractivity contribution in [2.75, 3.05) is 19.8 Å². The number of nitrogens with one attached hydrogen (secondary N) is 1. The minimum atomic E-state index is -1.11. The Kier molecular flexibility index (Phi) is 25.9. The Morgan fingerprint density at radius 3 is 1.96 bits per heavy atom. The van der Waals surface area contributed by atoms with Crippen LogP contribution in [0.25, 0.3) is 0 Å². The highest BCUT2D eigenvalue weighted by atomic mass is 16.8. The van der Waals surface area contributed by atoms with Crippen LogP contribution < -0.4 is 5.32 Å². The van der Waals surface area contributed by atoms with Gasteiger partial charge in [-0.05, 0) is 19.8 Å². The van der Waals surface area contributed by atoms with E-state index in [1.165, 1.54) is 76.5 Å². The molecule has 47 heavy (non-hydrogen) atoms. The SMILES string of the molecule is C=CCOC(=O)O[C@@H]1C(CO)O[C@H](O/C=C\C)[C@H](NC(=O)CC(=O)CCCCCCCCCCC)C1OCCCCCCCCCC. The molecule has 1 amide bonds. The van der Waals surface area contributed by atoms with Gasteiger partial charge in [0.2, 0.25) is 12.2 Å². The number of allylic oxidation sites excluding steroid dienone is 1. The third-order valence-corrected chi connectivity index (χ3v) is 8.28. The van der Waals surface area contributed by atoms with Crippen molar-refractivity contribution in [2.45, 2.75) is 173 Å². The van der Waals surface area contributed by atoms with Crippen LogP contribution in [0.1, 0.15) is 143 Å². The molecule has 10 heteroatoms. The van der Waals surface area contributed by atoms with E-state index in [4.69, 9.17) is 23.7 Å². The first-order valence-electron chi connectivity index (χ1n) is 18.3. The summed E-state index contributed by atoms with van der Waals surface area (Å²) in [6, 6.07) is -0.937. The highest BCUT2D eigenvalue weighted by molar-refractivity contribution is 5.98. The van der Waals surface area contributed by atoms with Crippen LogP contribution in [0.5, 0.6) is 0 Å². The summed E-state index contributed by atoms with van der Waals surface area (Å²) in [5.41, 5.74) is 0. The average molecular weight is 668 g/mol. The van der Waals surface area contributed by atoms with Gasteiger partial charge in [-0.3, -0.25) is 9.59 Å². The molecule has 1 rings (SSSR count). The van der Waals surface area contributed by atoms with Gasteiger partial charge >= 0.3 is 6.16 Å². The number of amides is 1. The Hall–Kier alpha value is -2.43. The molecular weight excluding hydrogens is 602 g/mol. The molecule has 1 aliphatic rings. The maximum Gasteiger partial charge on any atom is 0.509 e. The van der Waals surface area contributed by atoms with Crippen molar-refractivity contribution in [1.82, 2.24) is 5.32 Å². The van der Waals surface area contributed by atoms with E-state index >= 15 is 0 Å². The number of carbonyl (C=O) groups is 3. The number of carbonyl (C=O) groups excluding carboxylic acids is 3. The predicted molar refractivity (Wildman–Crippen MR) is 184 cm³/mol. The van der Waals surface area contributed by atoms with Gasteiger partial charge < -0.3 is 34.1 Å². The van der Waals surface area contributed by atoms with E-state index in [2.05, 4.69) is 25.7 Å². The van der Waals surface area contributed by atoms with Crippen LogP contribution in [0.15, 0.2) is 25.0 Å². The molecule has 0 aromatic rings. The summed E-state index contributed by atoms with van der Waals surface area (Å²) in [7, 11) is 0. The minimum Gasteiger partial charge on any atom is -0.471 e. The van der Waals surface area contributed by atoms with E-state index in [1.807, 2.05) is 0 Å². The maximum absolute atomic E-state index is 13.2. The Bertz CT molecular complexity index is 865. The number of aliphatic hydroxyl groups is 1. The molecule has 1 fully saturated rings. The van der Waals surface area contributed by atoms with Gasteiger partial charge in [-0.25, -0.2) is 4.79 Å². The molecule has 2 unspecified atom stereocenters. The van der Waals surface area contributed by atoms with E-state index in [0.29, 0.717) is 13.0 Å². The molecule has 10 nitrogen and oxygen atoms in total. The molecule has 5 atom stereocenters. The molecule has 0 bridgehead atoms. The lowest BCUT2D eigenvalue weighted by Crippen LogP contribution is -2.66. The zero-order chi connectivity index (χ0) is 34.5. The maximum atomic E-state index is 13.2. The van der Waals surface area contributed by atoms with Gasteiger partial charge in [-0.2, -0.15) is 0 Å². The number of aliphatic hydroxyl groups excluding tert-OH is 1. The second-order valence-electron chi connectivity index (χ2n) is 12.5. The molecule has 0 aliphatic carbocycles. The Morgan fingerprint density at radius 1 is 0.830 bits per heavy atom. The van der Waals surface area contributed by atoms with Crippen molar-refractivity contribution < 1.29 is 43.2 Å². The molecule has 1 heterocycles. The van der Waals surface area contributed by atoms with Crippen LogP contribution in [0.2, 0.25) is 0 Å². The molecule has 2 N–H and O–H groups in total. The topological polar surface area (TPSA) is 130 Å². The van der Waals surface area contributed by atoms with Gasteiger partial charge in [0, 0.05) is 13.0 Å². The monoisotopic (exact) mass is 667 g/mol. The normalized spacial score (nSPS) is 21.0. The fraction of sp³-hybridized carbons (Fsp3) is 0.811. The van der Waals surface area contributed by atoms with Gasteiger partial charge in [0.15, 0.2) is 6.10 Å². The zero-order valence-corrected chi connectivity index (χ0v) is 29.6. The third kappa shape index (κ3) is 19.9. The van der Waals surface area contributed by atoms with Crippen molar-refractivity contribution in [2.24, 2.45) is 0 Å². The Labute approximate surface area is 284 Å². The lowest BCUT2D eigenvalue weighted by Gasteiger charge is -2.44. The van der Waals surface area contributed by atoms with E-state index in [9.17, 15) is 19.5 Å². The molecule has 1 aliphatic heterocycles. The number of hydrogen-bond acceptors (Lipinski definition) is 9. The standard InChI is InChI=1S/C37H65NO9/c1-5-9-11-13-15-17-18-20-22-24-30(40)28-32(41)38-33-35(43-27-23-21-19-16-14-12-10-6-2)34(47-37(42)45-26-8-4)31(29-39)46-36(33)44-25-7-3/h7-8,25,31,33-36,39H,4-6,9-24,26-29H2,1-3H3,(H,38,41)/b25-7-/t31?,33-,34-,35?,36+/m1/s1. The lowest BCUT2D eigenvalue weighted by atomic mass is 9.95. The van der Waals surface area contributed by atoms with Crippen LogP contribution in [-0.2, 0) is 33.3 Å². The largest absolute Gasteiger partial charge is 0.509 e. The number of ether oxygens (including phenoxy) is 5. The second-order valence-corrected chi connectivity index (χ2v) is 12.5. The minimum absolute atomic E-state index is 0.0613. The van der Waals surface area contributed by atoms with Gasteiger partial charge in [-0.1, -0.05) is 129 Å². The molecule has 0 saturated carbocycles. The van der Waals surface area contributed by atoms with Crippen LogP contribution in [0.3, 0.4) is 0 Å². The zero-order valence-electron chi connectivity index (χ0n) is 29.6. The van der Waals surface area contributed by atoms with Gasteiger partial charge in [0.1, 0.15) is 30.6 Å². The summed E-state index contributed by atoms with van der Waals surface area (Å²) < 4.78 is 28.7. The van der Waals surface area contributed by atoms with E-state index in [-0.39, 0.29) is 18.8 Å². The van der Waals surface area contributed by atoms with E-state index < -0.39 is 49.3 Å². The summed E-state index contributed by atoms with van der Waals surface area (Å²) in [5, 5.41) is 13.0. The quantitative estimate of drug-likeness (QED) is 0.0269. The van der Waals surface area contributed by atoms with Crippen LogP contribution >= 0.6 is 0 Å². The average Bonchev–Trinajstić information content (AvgIpc) is 3.06. The number of hydrogen-bond donors (Lipinski definition) is 2. The van der Waals surface area contributed by atoms with Gasteiger partial charge in [0.05, 0.1) is 19.3 Å². The first-order valence-corrected chi connectivity index (χ1v) is 18.3. The number of rotatable bonds is 29. The van der Waals surface area contributed by atoms with Gasteiger partial charge in [-0.15, -0.1) is 0 Å². The molecule has 0 radical (unpaired) electrons. The first-order chi connectivity index (χ1) is 22.9. The highest BCUT2D eigenvalue weighted by Gasteiger charge is 2.50. The first kappa shape index (κ1) is 42.6.